The molecule has 1 aliphatic heterocycles. The van der Waals surface area contributed by atoms with Crippen LogP contribution in [0.2, 0.25) is 0 Å². The van der Waals surface area contributed by atoms with E-state index in [1.807, 2.05) is 0 Å². The topological polar surface area (TPSA) is 42.1 Å². The normalized spacial score (nSPS) is 23.4. The van der Waals surface area contributed by atoms with Crippen LogP contribution in [0.1, 0.15) is 27.6 Å². The molecule has 1 atom stereocenters. The highest BCUT2D eigenvalue weighted by Gasteiger charge is 2.38. The Balaban J connectivity index is 1.72. The average Bonchev–Trinajstić information content (AvgIpc) is 2.97. The van der Waals surface area contributed by atoms with Crippen molar-refractivity contribution in [2.45, 2.75) is 32.4 Å². The molecule has 1 aromatic carbocycles. The summed E-state index contributed by atoms with van der Waals surface area (Å²) in [5, 5.41) is 1.10. The third-order valence-electron chi connectivity index (χ3n) is 4.08. The third kappa shape index (κ3) is 2.64. The van der Waals surface area contributed by atoms with Gasteiger partial charge in [0, 0.05) is 24.5 Å². The number of hydrogen-bond donors (Lipinski definition) is 1. The first kappa shape index (κ1) is 13.7. The van der Waals surface area contributed by atoms with Crippen molar-refractivity contribution >= 4 is 11.3 Å². The molecule has 0 radical (unpaired) electrons. The summed E-state index contributed by atoms with van der Waals surface area (Å²) >= 11 is 1.76. The van der Waals surface area contributed by atoms with Gasteiger partial charge < -0.3 is 5.73 Å². The molecule has 1 fully saturated rings. The van der Waals surface area contributed by atoms with Crippen molar-refractivity contribution in [1.29, 1.82) is 0 Å². The van der Waals surface area contributed by atoms with E-state index in [1.165, 1.54) is 10.4 Å². The first-order valence-corrected chi connectivity index (χ1v) is 7.88. The summed E-state index contributed by atoms with van der Waals surface area (Å²) in [4.78, 5) is 8.39. The molecule has 4 heteroatoms. The number of nitrogens with zero attached hydrogens (tertiary/aromatic N) is 2. The highest BCUT2D eigenvalue weighted by Crippen LogP contribution is 2.33. The number of nitrogens with two attached hydrogens (primary N) is 1. The van der Waals surface area contributed by atoms with E-state index in [4.69, 9.17) is 5.73 Å². The number of rotatable bonds is 3. The second-order valence-electron chi connectivity index (χ2n) is 5.76. The summed E-state index contributed by atoms with van der Waals surface area (Å²) in [6, 6.07) is 10.6. The van der Waals surface area contributed by atoms with Crippen LogP contribution in [0.5, 0.6) is 0 Å². The summed E-state index contributed by atoms with van der Waals surface area (Å²) in [5.41, 5.74) is 8.82. The number of aryl methyl sites for hydroxylation is 2. The van der Waals surface area contributed by atoms with E-state index < -0.39 is 0 Å². The summed E-state index contributed by atoms with van der Waals surface area (Å²) in [5.74, 6) is 0. The zero-order valence-corrected chi connectivity index (χ0v) is 12.9. The second-order valence-corrected chi connectivity index (χ2v) is 6.97. The molecule has 106 valence electrons. The standard InChI is InChI=1S/C16H21N3S/c1-12-13(2)20-15(18-12)16(17)8-9-19(11-16)10-14-6-4-3-5-7-14/h3-7H,8-11,17H2,1-2H3. The zero-order chi connectivity index (χ0) is 14.2. The number of thiazole rings is 1. The SMILES string of the molecule is Cc1nc(C2(N)CCN(Cc3ccccc3)C2)sc1C. The first-order valence-electron chi connectivity index (χ1n) is 7.06. The zero-order valence-electron chi connectivity index (χ0n) is 12.1. The van der Waals surface area contributed by atoms with Gasteiger partial charge in [0.2, 0.25) is 0 Å². The molecule has 2 aromatic rings. The van der Waals surface area contributed by atoms with Gasteiger partial charge in [0.25, 0.3) is 0 Å². The molecule has 1 unspecified atom stereocenters. The summed E-state index contributed by atoms with van der Waals surface area (Å²) in [6.45, 7) is 7.10. The minimum Gasteiger partial charge on any atom is -0.318 e. The molecule has 1 saturated heterocycles. The molecule has 0 amide bonds. The molecule has 0 saturated carbocycles. The second kappa shape index (κ2) is 5.28. The Labute approximate surface area is 124 Å². The molecule has 0 bridgehead atoms. The van der Waals surface area contributed by atoms with E-state index in [1.54, 1.807) is 11.3 Å². The van der Waals surface area contributed by atoms with Gasteiger partial charge in [-0.05, 0) is 25.8 Å². The van der Waals surface area contributed by atoms with Crippen molar-refractivity contribution in [3.63, 3.8) is 0 Å². The fourth-order valence-corrected chi connectivity index (χ4v) is 3.79. The van der Waals surface area contributed by atoms with Gasteiger partial charge in [0.05, 0.1) is 11.2 Å². The van der Waals surface area contributed by atoms with E-state index in [0.29, 0.717) is 0 Å². The number of likely N-dealkylation sites (tertiary alicyclic amines) is 1. The van der Waals surface area contributed by atoms with Gasteiger partial charge in [-0.15, -0.1) is 11.3 Å². The van der Waals surface area contributed by atoms with Crippen LogP contribution in [0.3, 0.4) is 0 Å². The van der Waals surface area contributed by atoms with Crippen molar-refractivity contribution in [2.24, 2.45) is 5.73 Å². The van der Waals surface area contributed by atoms with Crippen molar-refractivity contribution < 1.29 is 0 Å². The van der Waals surface area contributed by atoms with Gasteiger partial charge in [-0.1, -0.05) is 30.3 Å². The minimum atomic E-state index is -0.265. The fourth-order valence-electron chi connectivity index (χ4n) is 2.75. The van der Waals surface area contributed by atoms with Crippen LogP contribution in [0.15, 0.2) is 30.3 Å². The lowest BCUT2D eigenvalue weighted by Crippen LogP contribution is -2.39. The largest absolute Gasteiger partial charge is 0.318 e. The molecule has 2 heterocycles. The molecule has 20 heavy (non-hydrogen) atoms. The van der Waals surface area contributed by atoms with E-state index in [0.717, 1.165) is 36.8 Å². The van der Waals surface area contributed by atoms with E-state index in [9.17, 15) is 0 Å². The third-order valence-corrected chi connectivity index (χ3v) is 5.38. The Kier molecular flexibility index (Phi) is 3.63. The van der Waals surface area contributed by atoms with Crippen LogP contribution >= 0.6 is 11.3 Å². The van der Waals surface area contributed by atoms with Gasteiger partial charge in [-0.25, -0.2) is 4.98 Å². The van der Waals surface area contributed by atoms with Crippen molar-refractivity contribution in [3.8, 4) is 0 Å². The number of hydrogen-bond acceptors (Lipinski definition) is 4. The molecular weight excluding hydrogens is 266 g/mol. The first-order chi connectivity index (χ1) is 9.57. The number of benzene rings is 1. The van der Waals surface area contributed by atoms with Crippen molar-refractivity contribution in [2.75, 3.05) is 13.1 Å². The molecule has 3 nitrogen and oxygen atoms in total. The van der Waals surface area contributed by atoms with Crippen LogP contribution in [0.4, 0.5) is 0 Å². The summed E-state index contributed by atoms with van der Waals surface area (Å²) in [7, 11) is 0. The molecule has 1 aromatic heterocycles. The predicted octanol–water partition coefficient (Wildman–Crippen LogP) is 2.82. The number of aromatic nitrogens is 1. The molecule has 2 N–H and O–H groups in total. The molecule has 3 rings (SSSR count). The Bertz CT molecular complexity index is 574. The van der Waals surface area contributed by atoms with Crippen LogP contribution in [-0.2, 0) is 12.1 Å². The minimum absolute atomic E-state index is 0.265. The maximum Gasteiger partial charge on any atom is 0.114 e. The van der Waals surface area contributed by atoms with E-state index in [-0.39, 0.29) is 5.54 Å². The Morgan fingerprint density at radius 2 is 2.05 bits per heavy atom. The smallest absolute Gasteiger partial charge is 0.114 e. The fraction of sp³-hybridized carbons (Fsp3) is 0.438. The molecule has 0 spiro atoms. The van der Waals surface area contributed by atoms with Gasteiger partial charge in [0.1, 0.15) is 5.01 Å². The molecule has 1 aliphatic rings. The van der Waals surface area contributed by atoms with Crippen molar-refractivity contribution in [3.05, 3.63) is 51.5 Å². The molecular formula is C16H21N3S. The van der Waals surface area contributed by atoms with Gasteiger partial charge in [0.15, 0.2) is 0 Å². The quantitative estimate of drug-likeness (QED) is 0.944. The summed E-state index contributed by atoms with van der Waals surface area (Å²) in [6.07, 6.45) is 0.992. The van der Waals surface area contributed by atoms with Crippen LogP contribution in [0.25, 0.3) is 0 Å². The maximum absolute atomic E-state index is 6.61. The maximum atomic E-state index is 6.61. The highest BCUT2D eigenvalue weighted by molar-refractivity contribution is 7.11. The lowest BCUT2D eigenvalue weighted by Gasteiger charge is -2.22. The van der Waals surface area contributed by atoms with Gasteiger partial charge in [-0.3, -0.25) is 4.90 Å². The van der Waals surface area contributed by atoms with E-state index in [2.05, 4.69) is 54.1 Å². The predicted molar refractivity (Wildman–Crippen MR) is 83.8 cm³/mol. The van der Waals surface area contributed by atoms with Gasteiger partial charge >= 0.3 is 0 Å². The Morgan fingerprint density at radius 3 is 2.70 bits per heavy atom. The lowest BCUT2D eigenvalue weighted by atomic mass is 10.0. The highest BCUT2D eigenvalue weighted by atomic mass is 32.1. The molecule has 0 aliphatic carbocycles. The Morgan fingerprint density at radius 1 is 1.30 bits per heavy atom. The van der Waals surface area contributed by atoms with E-state index >= 15 is 0 Å². The van der Waals surface area contributed by atoms with Crippen LogP contribution in [-0.4, -0.2) is 23.0 Å². The van der Waals surface area contributed by atoms with Gasteiger partial charge in [-0.2, -0.15) is 0 Å². The average molecular weight is 287 g/mol. The lowest BCUT2D eigenvalue weighted by molar-refractivity contribution is 0.304. The van der Waals surface area contributed by atoms with Crippen LogP contribution < -0.4 is 5.73 Å². The summed E-state index contributed by atoms with van der Waals surface area (Å²) < 4.78 is 0. The van der Waals surface area contributed by atoms with Crippen LogP contribution in [0, 0.1) is 13.8 Å². The monoisotopic (exact) mass is 287 g/mol. The van der Waals surface area contributed by atoms with Crippen molar-refractivity contribution in [1.82, 2.24) is 9.88 Å². The Hall–Kier alpha value is -1.23.